The van der Waals surface area contributed by atoms with E-state index in [1.165, 1.54) is 19.3 Å². The van der Waals surface area contributed by atoms with E-state index in [-0.39, 0.29) is 23.8 Å². The van der Waals surface area contributed by atoms with E-state index >= 15 is 0 Å². The molecule has 4 nitrogen and oxygen atoms in total. The van der Waals surface area contributed by atoms with Gasteiger partial charge in [0.05, 0.1) is 12.5 Å². The Morgan fingerprint density at radius 3 is 2.48 bits per heavy atom. The summed E-state index contributed by atoms with van der Waals surface area (Å²) in [5.41, 5.74) is 0. The first-order valence-electron chi connectivity index (χ1n) is 8.67. The summed E-state index contributed by atoms with van der Waals surface area (Å²) >= 11 is 0. The van der Waals surface area contributed by atoms with Crippen molar-refractivity contribution in [3.63, 3.8) is 0 Å². The van der Waals surface area contributed by atoms with Crippen LogP contribution in [0.3, 0.4) is 0 Å². The molecule has 0 radical (unpaired) electrons. The van der Waals surface area contributed by atoms with E-state index in [4.69, 9.17) is 14.2 Å². The molecule has 1 unspecified atom stereocenters. The topological polar surface area (TPSA) is 44.8 Å². The Morgan fingerprint density at radius 2 is 1.86 bits per heavy atom. The lowest BCUT2D eigenvalue weighted by Crippen LogP contribution is -2.34. The van der Waals surface area contributed by atoms with Crippen molar-refractivity contribution in [2.24, 2.45) is 5.92 Å². The predicted molar refractivity (Wildman–Crippen MR) is 80.9 cm³/mol. The summed E-state index contributed by atoms with van der Waals surface area (Å²) in [7, 11) is 0. The summed E-state index contributed by atoms with van der Waals surface area (Å²) in [6.07, 6.45) is 9.34. The summed E-state index contributed by atoms with van der Waals surface area (Å²) in [5, 5.41) is 0. The van der Waals surface area contributed by atoms with E-state index in [0.29, 0.717) is 13.2 Å². The number of esters is 1. The Hall–Kier alpha value is -0.610. The highest BCUT2D eigenvalue weighted by molar-refractivity contribution is 5.72. The van der Waals surface area contributed by atoms with Gasteiger partial charge in [-0.1, -0.05) is 33.1 Å². The molecule has 1 aliphatic heterocycles. The van der Waals surface area contributed by atoms with Crippen LogP contribution in [0.15, 0.2) is 0 Å². The van der Waals surface area contributed by atoms with Crippen LogP contribution in [0.1, 0.15) is 71.6 Å². The van der Waals surface area contributed by atoms with Gasteiger partial charge in [0.2, 0.25) is 0 Å². The molecular weight excluding hydrogens is 268 g/mol. The first-order valence-corrected chi connectivity index (χ1v) is 8.67. The zero-order chi connectivity index (χ0) is 15.1. The molecule has 0 amide bonds. The van der Waals surface area contributed by atoms with Gasteiger partial charge in [0.25, 0.3) is 0 Å². The zero-order valence-electron chi connectivity index (χ0n) is 13.6. The predicted octanol–water partition coefficient (Wildman–Crippen LogP) is 3.82. The molecule has 1 aliphatic carbocycles. The van der Waals surface area contributed by atoms with Crippen molar-refractivity contribution >= 4 is 5.97 Å². The van der Waals surface area contributed by atoms with Gasteiger partial charge >= 0.3 is 5.97 Å². The van der Waals surface area contributed by atoms with Crippen LogP contribution in [0.4, 0.5) is 0 Å². The second-order valence-electron chi connectivity index (χ2n) is 6.43. The Bertz CT molecular complexity index is 317. The van der Waals surface area contributed by atoms with Crippen LogP contribution in [0.5, 0.6) is 0 Å². The van der Waals surface area contributed by atoms with E-state index < -0.39 is 0 Å². The molecule has 1 heterocycles. The number of ether oxygens (including phenoxy) is 3. The van der Waals surface area contributed by atoms with Crippen LogP contribution in [-0.2, 0) is 19.0 Å². The minimum Gasteiger partial charge on any atom is -0.463 e. The molecule has 2 aliphatic rings. The lowest BCUT2D eigenvalue weighted by atomic mass is 9.94. The molecule has 1 spiro atoms. The van der Waals surface area contributed by atoms with Gasteiger partial charge < -0.3 is 14.2 Å². The lowest BCUT2D eigenvalue weighted by Gasteiger charge is -2.31. The van der Waals surface area contributed by atoms with Gasteiger partial charge in [-0.2, -0.15) is 0 Å². The van der Waals surface area contributed by atoms with Crippen LogP contribution in [0, 0.1) is 5.92 Å². The smallest absolute Gasteiger partial charge is 0.309 e. The van der Waals surface area contributed by atoms with Crippen LogP contribution in [0.25, 0.3) is 0 Å². The van der Waals surface area contributed by atoms with E-state index in [9.17, 15) is 4.79 Å². The van der Waals surface area contributed by atoms with Crippen LogP contribution in [0.2, 0.25) is 0 Å². The number of hydrogen-bond donors (Lipinski definition) is 0. The third kappa shape index (κ3) is 4.68. The molecule has 1 atom stereocenters. The van der Waals surface area contributed by atoms with Gasteiger partial charge in [-0.25, -0.2) is 0 Å². The quantitative estimate of drug-likeness (QED) is 0.670. The highest BCUT2D eigenvalue weighted by atomic mass is 16.8. The van der Waals surface area contributed by atoms with Crippen molar-refractivity contribution in [2.75, 3.05) is 13.2 Å². The fourth-order valence-corrected chi connectivity index (χ4v) is 3.42. The maximum atomic E-state index is 12.1. The fraction of sp³-hybridized carbons (Fsp3) is 0.941. The molecule has 1 saturated heterocycles. The summed E-state index contributed by atoms with van der Waals surface area (Å²) in [5.74, 6) is -0.389. The average Bonchev–Trinajstić information content (AvgIpc) is 2.88. The van der Waals surface area contributed by atoms with Gasteiger partial charge in [-0.05, 0) is 25.7 Å². The molecule has 1 saturated carbocycles. The maximum absolute atomic E-state index is 12.1. The van der Waals surface area contributed by atoms with Gasteiger partial charge in [0.1, 0.15) is 12.7 Å². The van der Waals surface area contributed by atoms with E-state index in [2.05, 4.69) is 13.8 Å². The average molecular weight is 298 g/mol. The molecule has 0 aromatic carbocycles. The third-order valence-electron chi connectivity index (χ3n) is 4.55. The van der Waals surface area contributed by atoms with Gasteiger partial charge in [-0.3, -0.25) is 4.79 Å². The Morgan fingerprint density at radius 1 is 1.19 bits per heavy atom. The van der Waals surface area contributed by atoms with Crippen LogP contribution < -0.4 is 0 Å². The molecule has 0 aromatic heterocycles. The van der Waals surface area contributed by atoms with Crippen molar-refractivity contribution in [1.29, 1.82) is 0 Å². The number of carbonyl (C=O) groups excluding carboxylic acids is 1. The molecule has 0 aromatic rings. The molecular formula is C17H30O4. The van der Waals surface area contributed by atoms with Gasteiger partial charge in [-0.15, -0.1) is 0 Å². The fourth-order valence-electron chi connectivity index (χ4n) is 3.42. The second-order valence-corrected chi connectivity index (χ2v) is 6.43. The first kappa shape index (κ1) is 16.8. The zero-order valence-corrected chi connectivity index (χ0v) is 13.6. The molecule has 2 rings (SSSR count). The number of carbonyl (C=O) groups is 1. The lowest BCUT2D eigenvalue weighted by molar-refractivity contribution is -0.193. The van der Waals surface area contributed by atoms with Crippen LogP contribution >= 0.6 is 0 Å². The summed E-state index contributed by atoms with van der Waals surface area (Å²) in [6, 6.07) is 0. The van der Waals surface area contributed by atoms with Crippen molar-refractivity contribution in [1.82, 2.24) is 0 Å². The van der Waals surface area contributed by atoms with Crippen molar-refractivity contribution in [2.45, 2.75) is 83.5 Å². The summed E-state index contributed by atoms with van der Waals surface area (Å²) in [6.45, 7) is 5.11. The van der Waals surface area contributed by atoms with E-state index in [1.807, 2.05) is 0 Å². The van der Waals surface area contributed by atoms with Crippen molar-refractivity contribution < 1.29 is 19.0 Å². The van der Waals surface area contributed by atoms with Gasteiger partial charge in [0.15, 0.2) is 5.79 Å². The normalized spacial score (nSPS) is 24.6. The molecule has 0 N–H and O–H groups in total. The Kier molecular flexibility index (Phi) is 6.49. The standard InChI is InChI=1S/C17H30O4/c1-3-8-14(9-4-2)16(18)19-12-15-13-20-17(21-15)10-6-5-7-11-17/h14-15H,3-13H2,1-2H3. The Balaban J connectivity index is 1.74. The second kappa shape index (κ2) is 8.14. The molecule has 0 bridgehead atoms. The highest BCUT2D eigenvalue weighted by Gasteiger charge is 2.42. The maximum Gasteiger partial charge on any atom is 0.309 e. The Labute approximate surface area is 128 Å². The summed E-state index contributed by atoms with van der Waals surface area (Å²) < 4.78 is 17.4. The number of hydrogen-bond acceptors (Lipinski definition) is 4. The largest absolute Gasteiger partial charge is 0.463 e. The molecule has 122 valence electrons. The summed E-state index contributed by atoms with van der Waals surface area (Å²) in [4.78, 5) is 12.1. The molecule has 4 heteroatoms. The number of rotatable bonds is 7. The minimum atomic E-state index is -0.373. The highest BCUT2D eigenvalue weighted by Crippen LogP contribution is 2.37. The van der Waals surface area contributed by atoms with Crippen molar-refractivity contribution in [3.05, 3.63) is 0 Å². The third-order valence-corrected chi connectivity index (χ3v) is 4.55. The van der Waals surface area contributed by atoms with Crippen molar-refractivity contribution in [3.8, 4) is 0 Å². The SMILES string of the molecule is CCCC(CCC)C(=O)OCC1COC2(CCCCC2)O1. The minimum absolute atomic E-state index is 0.0472. The van der Waals surface area contributed by atoms with Crippen LogP contribution in [-0.4, -0.2) is 31.1 Å². The molecule has 21 heavy (non-hydrogen) atoms. The monoisotopic (exact) mass is 298 g/mol. The first-order chi connectivity index (χ1) is 10.2. The van der Waals surface area contributed by atoms with E-state index in [0.717, 1.165) is 38.5 Å². The van der Waals surface area contributed by atoms with E-state index in [1.54, 1.807) is 0 Å². The van der Waals surface area contributed by atoms with Gasteiger partial charge in [0, 0.05) is 12.8 Å². The molecule has 2 fully saturated rings.